The Hall–Kier alpha value is -2.01. The molecule has 1 amide bonds. The lowest BCUT2D eigenvalue weighted by Gasteiger charge is -2.40. The maximum Gasteiger partial charge on any atom is 0.225 e. The van der Waals surface area contributed by atoms with Crippen molar-refractivity contribution in [3.8, 4) is 0 Å². The van der Waals surface area contributed by atoms with Crippen molar-refractivity contribution in [3.05, 3.63) is 36.2 Å². The predicted molar refractivity (Wildman–Crippen MR) is 98.3 cm³/mol. The number of amides is 1. The Morgan fingerprint density at radius 1 is 1.28 bits per heavy atom. The Morgan fingerprint density at radius 3 is 2.64 bits per heavy atom. The third kappa shape index (κ3) is 4.15. The van der Waals surface area contributed by atoms with E-state index >= 15 is 0 Å². The Bertz CT molecular complexity index is 739. The highest BCUT2D eigenvalue weighted by atomic mass is 16.5. The van der Waals surface area contributed by atoms with Gasteiger partial charge < -0.3 is 9.64 Å². The lowest BCUT2D eigenvalue weighted by atomic mass is 9.92. The van der Waals surface area contributed by atoms with Gasteiger partial charge in [0.2, 0.25) is 5.91 Å². The first-order valence-corrected chi connectivity index (χ1v) is 9.14. The third-order valence-electron chi connectivity index (χ3n) is 5.06. The van der Waals surface area contributed by atoms with E-state index in [0.29, 0.717) is 6.42 Å². The van der Waals surface area contributed by atoms with Crippen LogP contribution in [0.4, 0.5) is 0 Å². The molecule has 3 rings (SSSR count). The lowest BCUT2D eigenvalue weighted by Crippen LogP contribution is -2.48. The smallest absolute Gasteiger partial charge is 0.225 e. The maximum atomic E-state index is 12.8. The number of hydrogen-bond donors (Lipinski definition) is 0. The molecule has 1 saturated heterocycles. The molecule has 134 valence electrons. The van der Waals surface area contributed by atoms with Crippen molar-refractivity contribution < 1.29 is 9.53 Å². The number of fused-ring (bicyclic) bond motifs is 1. The Balaban J connectivity index is 1.60. The first-order chi connectivity index (χ1) is 12.0. The highest BCUT2D eigenvalue weighted by Crippen LogP contribution is 2.27. The maximum absolute atomic E-state index is 12.8. The molecule has 5 nitrogen and oxygen atoms in total. The minimum Gasteiger partial charge on any atom is -0.375 e. The van der Waals surface area contributed by atoms with Gasteiger partial charge in [0, 0.05) is 38.2 Å². The summed E-state index contributed by atoms with van der Waals surface area (Å²) in [5, 5.41) is 0. The van der Waals surface area contributed by atoms with Crippen molar-refractivity contribution in [2.24, 2.45) is 5.92 Å². The average molecular weight is 341 g/mol. The molecular weight excluding hydrogens is 314 g/mol. The van der Waals surface area contributed by atoms with Gasteiger partial charge in [0.25, 0.3) is 0 Å². The number of benzene rings is 1. The molecule has 2 aromatic rings. The number of carbonyl (C=O) groups is 1. The SMILES string of the molecule is CCOC1(C)CCN(C(=O)C(C)Cc2cnc3ccccc3n2)CC1. The van der Waals surface area contributed by atoms with E-state index in [4.69, 9.17) is 4.74 Å². The van der Waals surface area contributed by atoms with Crippen molar-refractivity contribution in [1.29, 1.82) is 0 Å². The summed E-state index contributed by atoms with van der Waals surface area (Å²) in [6.07, 6.45) is 4.20. The molecule has 0 N–H and O–H groups in total. The van der Waals surface area contributed by atoms with Gasteiger partial charge in [-0.15, -0.1) is 0 Å². The Morgan fingerprint density at radius 2 is 1.96 bits per heavy atom. The molecule has 1 aliphatic rings. The zero-order chi connectivity index (χ0) is 17.9. The van der Waals surface area contributed by atoms with E-state index < -0.39 is 0 Å². The Kier molecular flexibility index (Phi) is 5.33. The highest BCUT2D eigenvalue weighted by Gasteiger charge is 2.33. The first-order valence-electron chi connectivity index (χ1n) is 9.14. The minimum atomic E-state index is -0.0908. The molecule has 2 heterocycles. The van der Waals surface area contributed by atoms with Crippen LogP contribution in [-0.2, 0) is 16.0 Å². The molecule has 1 atom stereocenters. The molecule has 0 radical (unpaired) electrons. The van der Waals surface area contributed by atoms with Crippen LogP contribution in [0.1, 0.15) is 39.3 Å². The highest BCUT2D eigenvalue weighted by molar-refractivity contribution is 5.79. The molecule has 0 saturated carbocycles. The number of rotatable bonds is 5. The number of ether oxygens (including phenoxy) is 1. The summed E-state index contributed by atoms with van der Waals surface area (Å²) in [7, 11) is 0. The fraction of sp³-hybridized carbons (Fsp3) is 0.550. The van der Waals surface area contributed by atoms with Gasteiger partial charge in [-0.3, -0.25) is 9.78 Å². The molecule has 1 aromatic carbocycles. The largest absolute Gasteiger partial charge is 0.375 e. The molecule has 0 aliphatic carbocycles. The summed E-state index contributed by atoms with van der Waals surface area (Å²) in [5.41, 5.74) is 2.55. The number of likely N-dealkylation sites (tertiary alicyclic amines) is 1. The zero-order valence-corrected chi connectivity index (χ0v) is 15.4. The van der Waals surface area contributed by atoms with Crippen LogP contribution >= 0.6 is 0 Å². The normalized spacial score (nSPS) is 18.3. The second-order valence-electron chi connectivity index (χ2n) is 7.16. The fourth-order valence-corrected chi connectivity index (χ4v) is 3.50. The van der Waals surface area contributed by atoms with E-state index in [1.807, 2.05) is 43.0 Å². The van der Waals surface area contributed by atoms with E-state index in [1.165, 1.54) is 0 Å². The van der Waals surface area contributed by atoms with Gasteiger partial charge in [-0.2, -0.15) is 0 Å². The lowest BCUT2D eigenvalue weighted by molar-refractivity contribution is -0.140. The zero-order valence-electron chi connectivity index (χ0n) is 15.4. The van der Waals surface area contributed by atoms with E-state index in [2.05, 4.69) is 16.9 Å². The van der Waals surface area contributed by atoms with Gasteiger partial charge in [0.15, 0.2) is 0 Å². The second-order valence-corrected chi connectivity index (χ2v) is 7.16. The van der Waals surface area contributed by atoms with E-state index in [1.54, 1.807) is 6.20 Å². The van der Waals surface area contributed by atoms with Gasteiger partial charge in [-0.1, -0.05) is 19.1 Å². The van der Waals surface area contributed by atoms with Gasteiger partial charge in [-0.25, -0.2) is 4.98 Å². The molecule has 0 bridgehead atoms. The number of hydrogen-bond acceptors (Lipinski definition) is 4. The standard InChI is InChI=1S/C20H27N3O2/c1-4-25-20(3)9-11-23(12-10-20)19(24)15(2)13-16-14-21-17-7-5-6-8-18(17)22-16/h5-8,14-15H,4,9-13H2,1-3H3. The third-order valence-corrected chi connectivity index (χ3v) is 5.06. The average Bonchev–Trinajstić information content (AvgIpc) is 2.61. The van der Waals surface area contributed by atoms with E-state index in [-0.39, 0.29) is 17.4 Å². The van der Waals surface area contributed by atoms with Crippen molar-refractivity contribution in [3.63, 3.8) is 0 Å². The molecule has 5 heteroatoms. The monoisotopic (exact) mass is 341 g/mol. The molecule has 25 heavy (non-hydrogen) atoms. The molecular formula is C20H27N3O2. The van der Waals surface area contributed by atoms with Crippen molar-refractivity contribution >= 4 is 16.9 Å². The van der Waals surface area contributed by atoms with Crippen LogP contribution in [0.2, 0.25) is 0 Å². The number of para-hydroxylation sites is 2. The number of nitrogens with zero attached hydrogens (tertiary/aromatic N) is 3. The summed E-state index contributed by atoms with van der Waals surface area (Å²) in [6, 6.07) is 7.81. The number of aromatic nitrogens is 2. The van der Waals surface area contributed by atoms with Crippen molar-refractivity contribution in [1.82, 2.24) is 14.9 Å². The minimum absolute atomic E-state index is 0.0847. The molecule has 1 fully saturated rings. The molecule has 1 aromatic heterocycles. The fourth-order valence-electron chi connectivity index (χ4n) is 3.50. The van der Waals surface area contributed by atoms with Gasteiger partial charge >= 0.3 is 0 Å². The number of piperidine rings is 1. The van der Waals surface area contributed by atoms with Crippen LogP contribution in [0.3, 0.4) is 0 Å². The molecule has 0 spiro atoms. The Labute approximate surface area is 149 Å². The molecule has 1 unspecified atom stereocenters. The van der Waals surface area contributed by atoms with Gasteiger partial charge in [0.1, 0.15) is 0 Å². The summed E-state index contributed by atoms with van der Waals surface area (Å²) in [4.78, 5) is 23.8. The summed E-state index contributed by atoms with van der Waals surface area (Å²) in [5.74, 6) is 0.111. The number of carbonyl (C=O) groups excluding carboxylic acids is 1. The van der Waals surface area contributed by atoms with Crippen LogP contribution in [-0.4, -0.2) is 46.1 Å². The first kappa shape index (κ1) is 17.8. The van der Waals surface area contributed by atoms with Crippen molar-refractivity contribution in [2.45, 2.75) is 45.6 Å². The summed E-state index contributed by atoms with van der Waals surface area (Å²) >= 11 is 0. The van der Waals surface area contributed by atoms with Crippen LogP contribution in [0, 0.1) is 5.92 Å². The van der Waals surface area contributed by atoms with Crippen LogP contribution < -0.4 is 0 Å². The predicted octanol–water partition coefficient (Wildman–Crippen LogP) is 3.23. The quantitative estimate of drug-likeness (QED) is 0.838. The van der Waals surface area contributed by atoms with E-state index in [0.717, 1.165) is 49.3 Å². The van der Waals surface area contributed by atoms with Crippen LogP contribution in [0.5, 0.6) is 0 Å². The van der Waals surface area contributed by atoms with Gasteiger partial charge in [0.05, 0.1) is 22.3 Å². The van der Waals surface area contributed by atoms with E-state index in [9.17, 15) is 4.79 Å². The molecule has 1 aliphatic heterocycles. The van der Waals surface area contributed by atoms with Crippen LogP contribution in [0.25, 0.3) is 11.0 Å². The summed E-state index contributed by atoms with van der Waals surface area (Å²) in [6.45, 7) is 8.41. The second kappa shape index (κ2) is 7.48. The van der Waals surface area contributed by atoms with Crippen LogP contribution in [0.15, 0.2) is 30.5 Å². The van der Waals surface area contributed by atoms with Crippen molar-refractivity contribution in [2.75, 3.05) is 19.7 Å². The summed E-state index contributed by atoms with van der Waals surface area (Å²) < 4.78 is 5.84. The van der Waals surface area contributed by atoms with Gasteiger partial charge in [-0.05, 0) is 38.8 Å². The topological polar surface area (TPSA) is 55.3 Å².